The molecule has 1 aliphatic carbocycles. The zero-order valence-electron chi connectivity index (χ0n) is 20.9. The number of methoxy groups -OCH3 is 1. The van der Waals surface area contributed by atoms with Crippen LogP contribution in [0.15, 0.2) is 35.7 Å². The van der Waals surface area contributed by atoms with Gasteiger partial charge in [0.15, 0.2) is 5.25 Å². The van der Waals surface area contributed by atoms with Gasteiger partial charge in [-0.2, -0.15) is 14.3 Å². The van der Waals surface area contributed by atoms with Crippen LogP contribution in [-0.4, -0.2) is 58.5 Å². The summed E-state index contributed by atoms with van der Waals surface area (Å²) >= 11 is 1.46. The van der Waals surface area contributed by atoms with Gasteiger partial charge < -0.3 is 10.1 Å². The number of allylic oxidation sites excluding steroid dienone is 1. The van der Waals surface area contributed by atoms with Crippen LogP contribution in [0.2, 0.25) is 0 Å². The smallest absolute Gasteiger partial charge is 0.497 e. The lowest BCUT2D eigenvalue weighted by atomic mass is 9.81. The molecular weight excluding hydrogens is 462 g/mol. The van der Waals surface area contributed by atoms with Crippen LogP contribution in [0.5, 0.6) is 5.75 Å². The molecule has 2 heterocycles. The molecule has 1 atom stereocenters. The highest BCUT2D eigenvalue weighted by atomic mass is 32.2. The van der Waals surface area contributed by atoms with E-state index in [4.69, 9.17) is 4.74 Å². The Morgan fingerprint density at radius 2 is 2.00 bits per heavy atom. The van der Waals surface area contributed by atoms with Crippen LogP contribution < -0.4 is 10.1 Å². The van der Waals surface area contributed by atoms with E-state index in [0.29, 0.717) is 19.0 Å². The maximum Gasteiger partial charge on any atom is 0.501 e. The van der Waals surface area contributed by atoms with Crippen LogP contribution in [0.1, 0.15) is 51.5 Å². The molecule has 0 radical (unpaired) electrons. The molecule has 4 amide bonds. The Labute approximate surface area is 212 Å². The van der Waals surface area contributed by atoms with E-state index >= 15 is 0 Å². The van der Waals surface area contributed by atoms with Gasteiger partial charge in [-0.05, 0) is 73.1 Å². The third-order valence-corrected chi connectivity index (χ3v) is 8.15. The molecule has 3 aliphatic rings. The number of rotatable bonds is 9. The van der Waals surface area contributed by atoms with Gasteiger partial charge in [-0.25, -0.2) is 4.79 Å². The Kier molecular flexibility index (Phi) is 8.31. The fourth-order valence-electron chi connectivity index (χ4n) is 5.03. The highest BCUT2D eigenvalue weighted by Gasteiger charge is 2.49. The molecule has 188 valence electrons. The van der Waals surface area contributed by atoms with E-state index in [1.165, 1.54) is 16.7 Å². The second kappa shape index (κ2) is 11.4. The molecule has 1 saturated carbocycles. The number of nitrogens with one attached hydrogen (secondary N) is 1. The van der Waals surface area contributed by atoms with Crippen molar-refractivity contribution in [3.05, 3.63) is 41.3 Å². The van der Waals surface area contributed by atoms with Gasteiger partial charge in [-0.15, -0.1) is 11.8 Å². The Morgan fingerprint density at radius 1 is 1.23 bits per heavy atom. The fraction of sp³-hybridized carbons (Fsp3) is 0.556. The third-order valence-electron chi connectivity index (χ3n) is 7.14. The van der Waals surface area contributed by atoms with Crippen LogP contribution in [0.3, 0.4) is 0 Å². The van der Waals surface area contributed by atoms with Crippen LogP contribution in [0.4, 0.5) is 4.79 Å². The van der Waals surface area contributed by atoms with Gasteiger partial charge >= 0.3 is 11.9 Å². The average Bonchev–Trinajstić information content (AvgIpc) is 3.35. The Morgan fingerprint density at radius 3 is 2.71 bits per heavy atom. The van der Waals surface area contributed by atoms with Crippen molar-refractivity contribution in [2.75, 3.05) is 20.2 Å². The van der Waals surface area contributed by atoms with Crippen molar-refractivity contribution in [3.63, 3.8) is 0 Å². The topological polar surface area (TPSA) is 78.7 Å². The maximum atomic E-state index is 13.5. The second-order valence-electron chi connectivity index (χ2n) is 10.1. The summed E-state index contributed by atoms with van der Waals surface area (Å²) in [5.41, 5.74) is 1.71. The normalized spacial score (nSPS) is 24.2. The van der Waals surface area contributed by atoms with E-state index in [-0.39, 0.29) is 34.9 Å². The molecule has 7 nitrogen and oxygen atoms in total. The van der Waals surface area contributed by atoms with Crippen molar-refractivity contribution in [2.45, 2.75) is 57.7 Å². The number of thioether (sulfide) groups is 1. The summed E-state index contributed by atoms with van der Waals surface area (Å²) in [5.74, 6) is 1.58. The fourth-order valence-corrected chi connectivity index (χ4v) is 5.99. The van der Waals surface area contributed by atoms with Gasteiger partial charge in [0.05, 0.1) is 7.11 Å². The summed E-state index contributed by atoms with van der Waals surface area (Å²) in [6, 6.07) is 7.41. The first-order valence-corrected chi connectivity index (χ1v) is 13.5. The number of benzene rings is 1. The molecule has 4 rings (SSSR count). The molecule has 0 aromatic heterocycles. The minimum atomic E-state index is -0.374. The number of carbonyl (C=O) groups is 3. The van der Waals surface area contributed by atoms with Crippen LogP contribution in [0.25, 0.3) is 0 Å². The van der Waals surface area contributed by atoms with Gasteiger partial charge in [0, 0.05) is 12.5 Å². The summed E-state index contributed by atoms with van der Waals surface area (Å²) in [7, 11) is 1.62. The Hall–Kier alpha value is -2.61. The molecule has 1 unspecified atom stereocenters. The monoisotopic (exact) mass is 498 g/mol. The lowest BCUT2D eigenvalue weighted by molar-refractivity contribution is -0.454. The van der Waals surface area contributed by atoms with Crippen LogP contribution in [0, 0.1) is 17.8 Å². The van der Waals surface area contributed by atoms with Crippen molar-refractivity contribution in [2.24, 2.45) is 17.8 Å². The summed E-state index contributed by atoms with van der Waals surface area (Å²) in [6.45, 7) is 5.83. The van der Waals surface area contributed by atoms with E-state index in [1.807, 2.05) is 35.7 Å². The summed E-state index contributed by atoms with van der Waals surface area (Å²) < 4.78 is 7.06. The van der Waals surface area contributed by atoms with Gasteiger partial charge in [-0.3, -0.25) is 4.79 Å². The van der Waals surface area contributed by atoms with Crippen molar-refractivity contribution in [1.82, 2.24) is 10.2 Å². The minimum absolute atomic E-state index is 0.0326. The van der Waals surface area contributed by atoms with Crippen LogP contribution in [-0.2, 0) is 16.1 Å². The number of carbonyl (C=O) groups excluding carboxylic acids is 3. The first kappa shape index (κ1) is 25.5. The quantitative estimate of drug-likeness (QED) is 0.516. The number of hydrogen-bond donors (Lipinski definition) is 1. The predicted molar refractivity (Wildman–Crippen MR) is 138 cm³/mol. The molecule has 1 N–H and O–H groups in total. The van der Waals surface area contributed by atoms with E-state index < -0.39 is 0 Å². The first-order chi connectivity index (χ1) is 16.9. The lowest BCUT2D eigenvalue weighted by Gasteiger charge is -2.31. The molecule has 0 spiro atoms. The molecule has 8 heteroatoms. The van der Waals surface area contributed by atoms with E-state index in [2.05, 4.69) is 19.2 Å². The van der Waals surface area contributed by atoms with Crippen LogP contribution >= 0.6 is 11.8 Å². The van der Waals surface area contributed by atoms with E-state index in [9.17, 15) is 14.4 Å². The SMILES string of the molecule is COc1cccc(C[N+]2=C3C=CSC3C(=O)N(CC3CCC(C(=O)NCCC(C)C)CC3)C2=O)c1. The number of imide groups is 1. The summed E-state index contributed by atoms with van der Waals surface area (Å²) in [6.07, 6.45) is 6.17. The molecule has 0 bridgehead atoms. The number of nitrogens with zero attached hydrogens (tertiary/aromatic N) is 2. The van der Waals surface area contributed by atoms with Crippen molar-refractivity contribution >= 4 is 35.3 Å². The zero-order chi connectivity index (χ0) is 24.9. The van der Waals surface area contributed by atoms with Gasteiger partial charge in [0.1, 0.15) is 24.6 Å². The van der Waals surface area contributed by atoms with Crippen molar-refractivity contribution in [3.8, 4) is 5.75 Å². The molecule has 1 aromatic rings. The van der Waals surface area contributed by atoms with Crippen molar-refractivity contribution in [1.29, 1.82) is 0 Å². The van der Waals surface area contributed by atoms with Gasteiger partial charge in [0.25, 0.3) is 0 Å². The minimum Gasteiger partial charge on any atom is -0.497 e. The molecule has 1 aromatic carbocycles. The van der Waals surface area contributed by atoms with Gasteiger partial charge in [-0.1, -0.05) is 26.0 Å². The summed E-state index contributed by atoms with van der Waals surface area (Å²) in [4.78, 5) is 40.7. The molecule has 0 saturated heterocycles. The highest BCUT2D eigenvalue weighted by molar-refractivity contribution is 8.04. The Balaban J connectivity index is 1.40. The van der Waals surface area contributed by atoms with Gasteiger partial charge in [0.2, 0.25) is 5.91 Å². The average molecular weight is 499 g/mol. The maximum absolute atomic E-state index is 13.5. The molecular formula is C27H36N3O4S+. The predicted octanol–water partition coefficient (Wildman–Crippen LogP) is 4.21. The number of fused-ring (bicyclic) bond motifs is 1. The molecule has 35 heavy (non-hydrogen) atoms. The van der Waals surface area contributed by atoms with E-state index in [1.54, 1.807) is 11.7 Å². The van der Waals surface area contributed by atoms with Crippen molar-refractivity contribution < 1.29 is 23.7 Å². The number of urea groups is 1. The highest BCUT2D eigenvalue weighted by Crippen LogP contribution is 2.33. The first-order valence-electron chi connectivity index (χ1n) is 12.6. The molecule has 1 fully saturated rings. The second-order valence-corrected chi connectivity index (χ2v) is 11.1. The Bertz CT molecular complexity index is 1030. The number of amides is 4. The zero-order valence-corrected chi connectivity index (χ0v) is 21.7. The largest absolute Gasteiger partial charge is 0.501 e. The molecule has 2 aliphatic heterocycles. The summed E-state index contributed by atoms with van der Waals surface area (Å²) in [5, 5.41) is 4.60. The lowest BCUT2D eigenvalue weighted by Crippen LogP contribution is -2.56. The van der Waals surface area contributed by atoms with E-state index in [0.717, 1.165) is 55.7 Å². The number of ether oxygens (including phenoxy) is 1. The number of hydrogen-bond acceptors (Lipinski definition) is 5. The standard InChI is InChI=1S/C27H35N3O4S/c1-18(2)11-13-28-25(31)21-9-7-19(8-10-21)16-30-26(32)24-23(12-14-35-24)29(27(30)33)17-20-5-4-6-22(15-20)34-3/h4-6,12,14-15,18-19,21,24H,7-11,13,16-17H2,1-3H3/p+1. The third kappa shape index (κ3) is 5.97.